The fourth-order valence-corrected chi connectivity index (χ4v) is 4.22. The van der Waals surface area contributed by atoms with E-state index in [1.807, 2.05) is 37.3 Å². The number of amides is 2. The third-order valence-corrected chi connectivity index (χ3v) is 5.94. The summed E-state index contributed by atoms with van der Waals surface area (Å²) in [7, 11) is 0. The molecule has 0 aliphatic carbocycles. The van der Waals surface area contributed by atoms with E-state index < -0.39 is 18.5 Å². The molecule has 0 atom stereocenters. The molecule has 28 heavy (non-hydrogen) atoms. The van der Waals surface area contributed by atoms with E-state index in [-0.39, 0.29) is 12.5 Å². The highest BCUT2D eigenvalue weighted by molar-refractivity contribution is 7.26. The normalized spacial score (nSPS) is 10.6. The molecule has 0 fully saturated rings. The Kier molecular flexibility index (Phi) is 6.72. The predicted octanol–water partition coefficient (Wildman–Crippen LogP) is 2.82. The molecule has 0 saturated heterocycles. The highest BCUT2D eigenvalue weighted by Crippen LogP contribution is 2.34. The molecule has 0 radical (unpaired) electrons. The molecule has 0 spiro atoms. The van der Waals surface area contributed by atoms with Crippen LogP contribution in [-0.4, -0.2) is 42.5 Å². The zero-order valence-corrected chi connectivity index (χ0v) is 16.8. The highest BCUT2D eigenvalue weighted by atomic mass is 32.1. The predicted molar refractivity (Wildman–Crippen MR) is 110 cm³/mol. The van der Waals surface area contributed by atoms with Crippen molar-refractivity contribution in [3.05, 3.63) is 41.3 Å². The monoisotopic (exact) mass is 417 g/mol. The molecular formula is C19H19N3O4S2. The summed E-state index contributed by atoms with van der Waals surface area (Å²) in [6, 6.07) is 11.3. The van der Waals surface area contributed by atoms with Crippen LogP contribution < -0.4 is 10.6 Å². The average molecular weight is 418 g/mol. The summed E-state index contributed by atoms with van der Waals surface area (Å²) >= 11 is 2.82. The zero-order chi connectivity index (χ0) is 19.9. The molecule has 2 heterocycles. The first-order valence-electron chi connectivity index (χ1n) is 8.73. The van der Waals surface area contributed by atoms with E-state index in [9.17, 15) is 14.4 Å². The molecule has 7 nitrogen and oxygen atoms in total. The van der Waals surface area contributed by atoms with Crippen LogP contribution in [0.15, 0.2) is 36.4 Å². The van der Waals surface area contributed by atoms with Gasteiger partial charge in [-0.2, -0.15) is 0 Å². The number of benzene rings is 1. The smallest absolute Gasteiger partial charge is 0.348 e. The molecule has 3 aromatic rings. The second-order valence-corrected chi connectivity index (χ2v) is 7.97. The van der Waals surface area contributed by atoms with Crippen molar-refractivity contribution in [1.29, 1.82) is 0 Å². The standard InChI is InChI=1S/C19H19N3O4S2/c1-2-9-20-16(23)10-21-17(24)11-26-19(25)15-8-7-14(27-15)18-22-12-5-3-4-6-13(12)28-18/h3-8H,2,9-11H2,1H3,(H,20,23)(H,21,24). The Bertz CT molecular complexity index is 963. The number of thiophene rings is 1. The van der Waals surface area contributed by atoms with Gasteiger partial charge in [0.2, 0.25) is 5.91 Å². The van der Waals surface area contributed by atoms with E-state index in [1.54, 1.807) is 17.4 Å². The number of aromatic nitrogens is 1. The number of esters is 1. The number of nitrogens with one attached hydrogen (secondary N) is 2. The number of ether oxygens (including phenoxy) is 1. The Hall–Kier alpha value is -2.78. The van der Waals surface area contributed by atoms with Crippen molar-refractivity contribution in [2.45, 2.75) is 13.3 Å². The number of carbonyl (C=O) groups excluding carboxylic acids is 3. The Labute approximate surface area is 169 Å². The SMILES string of the molecule is CCCNC(=O)CNC(=O)COC(=O)c1ccc(-c2nc3ccccc3s2)s1. The Morgan fingerprint density at radius 2 is 1.86 bits per heavy atom. The van der Waals surface area contributed by atoms with Crippen LogP contribution in [0.2, 0.25) is 0 Å². The lowest BCUT2D eigenvalue weighted by atomic mass is 10.3. The number of nitrogens with zero attached hydrogens (tertiary/aromatic N) is 1. The first-order chi connectivity index (χ1) is 13.6. The maximum absolute atomic E-state index is 12.2. The number of para-hydroxylation sites is 1. The van der Waals surface area contributed by atoms with Crippen LogP contribution in [0.3, 0.4) is 0 Å². The van der Waals surface area contributed by atoms with Crippen molar-refractivity contribution in [1.82, 2.24) is 15.6 Å². The van der Waals surface area contributed by atoms with Gasteiger partial charge in [-0.1, -0.05) is 19.1 Å². The van der Waals surface area contributed by atoms with E-state index in [0.29, 0.717) is 11.4 Å². The fourth-order valence-electron chi connectivity index (χ4n) is 2.30. The van der Waals surface area contributed by atoms with Crippen molar-refractivity contribution < 1.29 is 19.1 Å². The van der Waals surface area contributed by atoms with Crippen molar-refractivity contribution >= 4 is 50.7 Å². The van der Waals surface area contributed by atoms with Crippen LogP contribution in [0, 0.1) is 0 Å². The Morgan fingerprint density at radius 1 is 1.04 bits per heavy atom. The molecule has 0 unspecified atom stereocenters. The van der Waals surface area contributed by atoms with Crippen LogP contribution in [0.1, 0.15) is 23.0 Å². The average Bonchev–Trinajstić information content (AvgIpc) is 3.35. The lowest BCUT2D eigenvalue weighted by Gasteiger charge is -2.06. The second-order valence-electron chi connectivity index (χ2n) is 5.85. The van der Waals surface area contributed by atoms with Crippen molar-refractivity contribution in [3.8, 4) is 9.88 Å². The van der Waals surface area contributed by atoms with E-state index >= 15 is 0 Å². The summed E-state index contributed by atoms with van der Waals surface area (Å²) in [5.41, 5.74) is 0.916. The molecule has 2 N–H and O–H groups in total. The molecule has 0 aliphatic rings. The maximum atomic E-state index is 12.2. The molecule has 2 amide bonds. The van der Waals surface area contributed by atoms with Crippen LogP contribution in [0.25, 0.3) is 20.1 Å². The van der Waals surface area contributed by atoms with Crippen molar-refractivity contribution in [2.75, 3.05) is 19.7 Å². The summed E-state index contributed by atoms with van der Waals surface area (Å²) in [4.78, 5) is 41.1. The summed E-state index contributed by atoms with van der Waals surface area (Å²) in [6.07, 6.45) is 0.817. The van der Waals surface area contributed by atoms with E-state index in [1.165, 1.54) is 11.3 Å². The number of hydrogen-bond acceptors (Lipinski definition) is 7. The Morgan fingerprint density at radius 3 is 2.64 bits per heavy atom. The third kappa shape index (κ3) is 5.14. The number of fused-ring (bicyclic) bond motifs is 1. The van der Waals surface area contributed by atoms with Crippen molar-refractivity contribution in [3.63, 3.8) is 0 Å². The second kappa shape index (κ2) is 9.43. The van der Waals surface area contributed by atoms with Gasteiger partial charge in [0.25, 0.3) is 5.91 Å². The molecule has 2 aromatic heterocycles. The van der Waals surface area contributed by atoms with Gasteiger partial charge in [-0.3, -0.25) is 9.59 Å². The minimum atomic E-state index is -0.581. The van der Waals surface area contributed by atoms with E-state index in [4.69, 9.17) is 4.74 Å². The van der Waals surface area contributed by atoms with Crippen LogP contribution in [-0.2, 0) is 14.3 Å². The topological polar surface area (TPSA) is 97.4 Å². The van der Waals surface area contributed by atoms with E-state index in [2.05, 4.69) is 15.6 Å². The van der Waals surface area contributed by atoms with Gasteiger partial charge < -0.3 is 15.4 Å². The summed E-state index contributed by atoms with van der Waals surface area (Å²) in [6.45, 7) is 1.91. The van der Waals surface area contributed by atoms with Crippen LogP contribution in [0.4, 0.5) is 0 Å². The fraction of sp³-hybridized carbons (Fsp3) is 0.263. The molecule has 3 rings (SSSR count). The van der Waals surface area contributed by atoms with Gasteiger partial charge in [0, 0.05) is 6.54 Å². The van der Waals surface area contributed by atoms with Crippen LogP contribution in [0.5, 0.6) is 0 Å². The van der Waals surface area contributed by atoms with Gasteiger partial charge in [-0.15, -0.1) is 22.7 Å². The molecule has 9 heteroatoms. The molecule has 0 saturated carbocycles. The lowest BCUT2D eigenvalue weighted by Crippen LogP contribution is -2.38. The molecule has 146 valence electrons. The minimum Gasteiger partial charge on any atom is -0.451 e. The summed E-state index contributed by atoms with van der Waals surface area (Å²) in [5.74, 6) is -1.38. The van der Waals surface area contributed by atoms with Gasteiger partial charge in [-0.05, 0) is 30.7 Å². The Balaban J connectivity index is 1.51. The summed E-state index contributed by atoms with van der Waals surface area (Å²) < 4.78 is 6.10. The van der Waals surface area contributed by atoms with Gasteiger partial charge in [0.05, 0.1) is 21.6 Å². The van der Waals surface area contributed by atoms with E-state index in [0.717, 1.165) is 26.5 Å². The molecule has 0 aliphatic heterocycles. The maximum Gasteiger partial charge on any atom is 0.348 e. The zero-order valence-electron chi connectivity index (χ0n) is 15.2. The number of rotatable bonds is 8. The van der Waals surface area contributed by atoms with Crippen LogP contribution >= 0.6 is 22.7 Å². The molecule has 1 aromatic carbocycles. The van der Waals surface area contributed by atoms with Gasteiger partial charge in [0.15, 0.2) is 6.61 Å². The first-order valence-corrected chi connectivity index (χ1v) is 10.4. The quantitative estimate of drug-likeness (QED) is 0.549. The molecule has 0 bridgehead atoms. The third-order valence-electron chi connectivity index (χ3n) is 3.66. The van der Waals surface area contributed by atoms with Gasteiger partial charge >= 0.3 is 5.97 Å². The van der Waals surface area contributed by atoms with Gasteiger partial charge in [-0.25, -0.2) is 9.78 Å². The molecular weight excluding hydrogens is 398 g/mol. The number of thiazole rings is 1. The van der Waals surface area contributed by atoms with Crippen molar-refractivity contribution in [2.24, 2.45) is 0 Å². The number of carbonyl (C=O) groups is 3. The highest BCUT2D eigenvalue weighted by Gasteiger charge is 2.15. The first kappa shape index (κ1) is 20.0. The van der Waals surface area contributed by atoms with Gasteiger partial charge in [0.1, 0.15) is 9.88 Å². The lowest BCUT2D eigenvalue weighted by molar-refractivity contribution is -0.127. The largest absolute Gasteiger partial charge is 0.451 e. The number of hydrogen-bond donors (Lipinski definition) is 2. The minimum absolute atomic E-state index is 0.142. The summed E-state index contributed by atoms with van der Waals surface area (Å²) in [5, 5.41) is 5.89.